The third-order valence-electron chi connectivity index (χ3n) is 3.36. The van der Waals surface area contributed by atoms with Gasteiger partial charge in [-0.3, -0.25) is 0 Å². The van der Waals surface area contributed by atoms with Crippen LogP contribution in [0.1, 0.15) is 33.6 Å². The summed E-state index contributed by atoms with van der Waals surface area (Å²) in [5.74, 6) is 2.24. The minimum atomic E-state index is 0.669. The van der Waals surface area contributed by atoms with Gasteiger partial charge in [0.1, 0.15) is 5.82 Å². The van der Waals surface area contributed by atoms with Crippen LogP contribution in [-0.2, 0) is 0 Å². The van der Waals surface area contributed by atoms with Crippen LogP contribution in [0.15, 0.2) is 36.4 Å². The highest BCUT2D eigenvalue weighted by molar-refractivity contribution is 5.64. The molecule has 2 N–H and O–H groups in total. The molecule has 0 aliphatic heterocycles. The molecule has 0 radical (unpaired) electrons. The van der Waals surface area contributed by atoms with Crippen LogP contribution in [0, 0.1) is 5.92 Å². The van der Waals surface area contributed by atoms with Crippen LogP contribution < -0.4 is 10.6 Å². The lowest BCUT2D eigenvalue weighted by Crippen LogP contribution is -2.10. The SMILES string of the molecule is CCCNc1cc(-c2ccccc2)nc(NCCC(C)C)n1. The van der Waals surface area contributed by atoms with Crippen molar-refractivity contribution in [2.45, 2.75) is 33.6 Å². The van der Waals surface area contributed by atoms with Gasteiger partial charge in [-0.2, -0.15) is 4.98 Å². The average molecular weight is 298 g/mol. The molecule has 4 nitrogen and oxygen atoms in total. The van der Waals surface area contributed by atoms with E-state index in [1.165, 1.54) is 0 Å². The molecule has 0 bridgehead atoms. The first-order chi connectivity index (χ1) is 10.7. The van der Waals surface area contributed by atoms with E-state index in [9.17, 15) is 0 Å². The molecular weight excluding hydrogens is 272 g/mol. The fourth-order valence-corrected chi connectivity index (χ4v) is 2.10. The quantitative estimate of drug-likeness (QED) is 0.757. The molecule has 0 fully saturated rings. The van der Waals surface area contributed by atoms with E-state index >= 15 is 0 Å². The summed E-state index contributed by atoms with van der Waals surface area (Å²) < 4.78 is 0. The van der Waals surface area contributed by atoms with Crippen molar-refractivity contribution in [3.63, 3.8) is 0 Å². The maximum atomic E-state index is 4.65. The Morgan fingerprint density at radius 2 is 1.77 bits per heavy atom. The zero-order chi connectivity index (χ0) is 15.8. The fraction of sp³-hybridized carbons (Fsp3) is 0.444. The van der Waals surface area contributed by atoms with E-state index in [1.54, 1.807) is 0 Å². The van der Waals surface area contributed by atoms with Gasteiger partial charge in [0.25, 0.3) is 0 Å². The number of hydrogen-bond acceptors (Lipinski definition) is 4. The van der Waals surface area contributed by atoms with Crippen molar-refractivity contribution in [2.75, 3.05) is 23.7 Å². The molecule has 0 spiro atoms. The summed E-state index contributed by atoms with van der Waals surface area (Å²) in [6.07, 6.45) is 2.18. The molecule has 0 unspecified atom stereocenters. The van der Waals surface area contributed by atoms with Crippen molar-refractivity contribution in [3.05, 3.63) is 36.4 Å². The molecule has 118 valence electrons. The predicted molar refractivity (Wildman–Crippen MR) is 94.2 cm³/mol. The second kappa shape index (κ2) is 8.37. The first kappa shape index (κ1) is 16.3. The Kier molecular flexibility index (Phi) is 6.19. The molecule has 0 amide bonds. The normalized spacial score (nSPS) is 10.7. The lowest BCUT2D eigenvalue weighted by molar-refractivity contribution is 0.606. The molecule has 1 aromatic carbocycles. The minimum absolute atomic E-state index is 0.669. The minimum Gasteiger partial charge on any atom is -0.370 e. The lowest BCUT2D eigenvalue weighted by atomic mass is 10.1. The van der Waals surface area contributed by atoms with E-state index in [0.29, 0.717) is 11.9 Å². The molecule has 22 heavy (non-hydrogen) atoms. The molecule has 2 aromatic rings. The Balaban J connectivity index is 2.20. The number of benzene rings is 1. The van der Waals surface area contributed by atoms with Gasteiger partial charge in [0.2, 0.25) is 5.95 Å². The van der Waals surface area contributed by atoms with Crippen LogP contribution in [0.25, 0.3) is 11.3 Å². The van der Waals surface area contributed by atoms with Gasteiger partial charge in [0.15, 0.2) is 0 Å². The Bertz CT molecular complexity index is 567. The van der Waals surface area contributed by atoms with E-state index in [0.717, 1.165) is 43.0 Å². The molecule has 0 atom stereocenters. The van der Waals surface area contributed by atoms with Crippen molar-refractivity contribution in [3.8, 4) is 11.3 Å². The van der Waals surface area contributed by atoms with Crippen LogP contribution in [-0.4, -0.2) is 23.1 Å². The van der Waals surface area contributed by atoms with Gasteiger partial charge in [-0.25, -0.2) is 4.98 Å². The number of anilines is 2. The molecular formula is C18H26N4. The Hall–Kier alpha value is -2.10. The van der Waals surface area contributed by atoms with E-state index in [2.05, 4.69) is 53.5 Å². The monoisotopic (exact) mass is 298 g/mol. The van der Waals surface area contributed by atoms with E-state index in [-0.39, 0.29) is 0 Å². The largest absolute Gasteiger partial charge is 0.370 e. The molecule has 0 aliphatic rings. The van der Waals surface area contributed by atoms with Gasteiger partial charge in [0.05, 0.1) is 5.69 Å². The van der Waals surface area contributed by atoms with E-state index in [4.69, 9.17) is 0 Å². The van der Waals surface area contributed by atoms with Gasteiger partial charge in [-0.15, -0.1) is 0 Å². The molecule has 0 saturated carbocycles. The van der Waals surface area contributed by atoms with Crippen molar-refractivity contribution in [2.24, 2.45) is 5.92 Å². The second-order valence-electron chi connectivity index (χ2n) is 5.86. The highest BCUT2D eigenvalue weighted by atomic mass is 15.1. The Morgan fingerprint density at radius 1 is 1.00 bits per heavy atom. The van der Waals surface area contributed by atoms with Crippen LogP contribution in [0.3, 0.4) is 0 Å². The topological polar surface area (TPSA) is 49.8 Å². The summed E-state index contributed by atoms with van der Waals surface area (Å²) in [6, 6.07) is 12.2. The van der Waals surface area contributed by atoms with Crippen LogP contribution in [0.5, 0.6) is 0 Å². The standard InChI is InChI=1S/C18H26N4/c1-4-11-19-17-13-16(15-8-6-5-7-9-15)21-18(22-17)20-12-10-14(2)3/h5-9,13-14H,4,10-12H2,1-3H3,(H2,19,20,21,22). The average Bonchev–Trinajstić information content (AvgIpc) is 2.53. The van der Waals surface area contributed by atoms with Gasteiger partial charge in [0, 0.05) is 24.7 Å². The molecule has 0 saturated heterocycles. The van der Waals surface area contributed by atoms with Gasteiger partial charge in [-0.1, -0.05) is 51.1 Å². The molecule has 1 aromatic heterocycles. The maximum absolute atomic E-state index is 4.65. The summed E-state index contributed by atoms with van der Waals surface area (Å²) in [5, 5.41) is 6.69. The number of rotatable bonds is 8. The Labute approximate surface area is 133 Å². The number of hydrogen-bond donors (Lipinski definition) is 2. The zero-order valence-electron chi connectivity index (χ0n) is 13.8. The van der Waals surface area contributed by atoms with Crippen LogP contribution >= 0.6 is 0 Å². The summed E-state index contributed by atoms with van der Waals surface area (Å²) >= 11 is 0. The first-order valence-corrected chi connectivity index (χ1v) is 8.11. The molecule has 2 rings (SSSR count). The molecule has 0 aliphatic carbocycles. The lowest BCUT2D eigenvalue weighted by Gasteiger charge is -2.11. The third kappa shape index (κ3) is 5.02. The Morgan fingerprint density at radius 3 is 2.45 bits per heavy atom. The summed E-state index contributed by atoms with van der Waals surface area (Å²) in [5.41, 5.74) is 2.05. The smallest absolute Gasteiger partial charge is 0.225 e. The summed E-state index contributed by atoms with van der Waals surface area (Å²) in [7, 11) is 0. The highest BCUT2D eigenvalue weighted by Crippen LogP contribution is 2.21. The van der Waals surface area contributed by atoms with E-state index in [1.807, 2.05) is 24.3 Å². The van der Waals surface area contributed by atoms with Crippen LogP contribution in [0.2, 0.25) is 0 Å². The van der Waals surface area contributed by atoms with Gasteiger partial charge in [-0.05, 0) is 18.8 Å². The number of nitrogens with zero attached hydrogens (tertiary/aromatic N) is 2. The van der Waals surface area contributed by atoms with Gasteiger partial charge < -0.3 is 10.6 Å². The first-order valence-electron chi connectivity index (χ1n) is 8.11. The predicted octanol–water partition coefficient (Wildman–Crippen LogP) is 4.42. The molecule has 1 heterocycles. The zero-order valence-corrected chi connectivity index (χ0v) is 13.8. The summed E-state index contributed by atoms with van der Waals surface area (Å²) in [6.45, 7) is 8.39. The summed E-state index contributed by atoms with van der Waals surface area (Å²) in [4.78, 5) is 9.21. The third-order valence-corrected chi connectivity index (χ3v) is 3.36. The molecule has 4 heteroatoms. The van der Waals surface area contributed by atoms with Crippen molar-refractivity contribution in [1.29, 1.82) is 0 Å². The van der Waals surface area contributed by atoms with Crippen molar-refractivity contribution >= 4 is 11.8 Å². The number of nitrogens with one attached hydrogen (secondary N) is 2. The highest BCUT2D eigenvalue weighted by Gasteiger charge is 2.06. The van der Waals surface area contributed by atoms with Gasteiger partial charge >= 0.3 is 0 Å². The van der Waals surface area contributed by atoms with Crippen molar-refractivity contribution in [1.82, 2.24) is 9.97 Å². The fourth-order valence-electron chi connectivity index (χ4n) is 2.10. The second-order valence-corrected chi connectivity index (χ2v) is 5.86. The van der Waals surface area contributed by atoms with E-state index < -0.39 is 0 Å². The van der Waals surface area contributed by atoms with Crippen molar-refractivity contribution < 1.29 is 0 Å². The number of aromatic nitrogens is 2. The maximum Gasteiger partial charge on any atom is 0.225 e. The van der Waals surface area contributed by atoms with Crippen LogP contribution in [0.4, 0.5) is 11.8 Å².